The fourth-order valence-corrected chi connectivity index (χ4v) is 2.41. The number of hydrogen-bond donors (Lipinski definition) is 2. The molecule has 1 fully saturated rings. The SMILES string of the molecule is CC1CC(C(=O)O)CCN1C(=O)N(CCO)CC(F)F. The molecule has 0 saturated carbocycles. The first-order valence-corrected chi connectivity index (χ1v) is 6.54. The summed E-state index contributed by atoms with van der Waals surface area (Å²) in [5.41, 5.74) is 0. The zero-order valence-corrected chi connectivity index (χ0v) is 11.3. The standard InChI is InChI=1S/C12H20F2N2O4/c1-8-6-9(11(18)19)2-3-16(8)12(20)15(4-5-17)7-10(13)14/h8-10,17H,2-7H2,1H3,(H,18,19). The number of alkyl halides is 2. The number of carboxylic acids is 1. The van der Waals surface area contributed by atoms with Gasteiger partial charge in [-0.25, -0.2) is 13.6 Å². The monoisotopic (exact) mass is 294 g/mol. The van der Waals surface area contributed by atoms with Crippen molar-refractivity contribution in [1.29, 1.82) is 0 Å². The Bertz CT molecular complexity index is 354. The average molecular weight is 294 g/mol. The molecule has 6 nitrogen and oxygen atoms in total. The van der Waals surface area contributed by atoms with Crippen LogP contribution in [0.5, 0.6) is 0 Å². The Morgan fingerprint density at radius 3 is 2.55 bits per heavy atom. The van der Waals surface area contributed by atoms with Crippen molar-refractivity contribution in [3.05, 3.63) is 0 Å². The number of urea groups is 1. The fourth-order valence-electron chi connectivity index (χ4n) is 2.41. The molecule has 1 aliphatic heterocycles. The van der Waals surface area contributed by atoms with Gasteiger partial charge in [-0.1, -0.05) is 0 Å². The van der Waals surface area contributed by atoms with Gasteiger partial charge in [-0.2, -0.15) is 0 Å². The molecule has 0 bridgehead atoms. The summed E-state index contributed by atoms with van der Waals surface area (Å²) in [6.45, 7) is 0.646. The minimum absolute atomic E-state index is 0.158. The number of amides is 2. The molecule has 2 atom stereocenters. The lowest BCUT2D eigenvalue weighted by atomic mass is 9.92. The predicted octanol–water partition coefficient (Wildman–Crippen LogP) is 0.851. The van der Waals surface area contributed by atoms with Crippen molar-refractivity contribution < 1.29 is 28.6 Å². The smallest absolute Gasteiger partial charge is 0.320 e. The van der Waals surface area contributed by atoms with E-state index in [9.17, 15) is 18.4 Å². The van der Waals surface area contributed by atoms with Crippen LogP contribution in [0.1, 0.15) is 19.8 Å². The van der Waals surface area contributed by atoms with E-state index in [1.807, 2.05) is 0 Å². The maximum atomic E-state index is 12.4. The lowest BCUT2D eigenvalue weighted by Gasteiger charge is -2.39. The number of carbonyl (C=O) groups is 2. The van der Waals surface area contributed by atoms with Crippen LogP contribution in [0.2, 0.25) is 0 Å². The molecular formula is C12H20F2N2O4. The second kappa shape index (κ2) is 7.37. The first-order chi connectivity index (χ1) is 9.36. The van der Waals surface area contributed by atoms with Crippen LogP contribution in [0.25, 0.3) is 0 Å². The highest BCUT2D eigenvalue weighted by Gasteiger charge is 2.34. The van der Waals surface area contributed by atoms with Crippen LogP contribution in [-0.4, -0.2) is 70.7 Å². The number of rotatable bonds is 5. The summed E-state index contributed by atoms with van der Waals surface area (Å²) in [6, 6.07) is -0.896. The number of carbonyl (C=O) groups excluding carboxylic acids is 1. The molecule has 116 valence electrons. The Balaban J connectivity index is 2.67. The normalized spacial score (nSPS) is 22.9. The summed E-state index contributed by atoms with van der Waals surface area (Å²) in [5, 5.41) is 17.8. The van der Waals surface area contributed by atoms with Gasteiger partial charge in [0.2, 0.25) is 0 Å². The van der Waals surface area contributed by atoms with Crippen LogP contribution in [0, 0.1) is 5.92 Å². The molecule has 0 radical (unpaired) electrons. The molecule has 0 aliphatic carbocycles. The topological polar surface area (TPSA) is 81.1 Å². The highest BCUT2D eigenvalue weighted by molar-refractivity contribution is 5.76. The first-order valence-electron chi connectivity index (χ1n) is 6.54. The van der Waals surface area contributed by atoms with Crippen LogP contribution in [0.4, 0.5) is 13.6 Å². The van der Waals surface area contributed by atoms with E-state index >= 15 is 0 Å². The molecule has 2 amide bonds. The number of aliphatic carboxylic acids is 1. The van der Waals surface area contributed by atoms with E-state index < -0.39 is 37.5 Å². The number of halogens is 2. The molecule has 2 unspecified atom stereocenters. The highest BCUT2D eigenvalue weighted by Crippen LogP contribution is 2.24. The molecule has 8 heteroatoms. The molecule has 0 aromatic rings. The van der Waals surface area contributed by atoms with E-state index in [4.69, 9.17) is 10.2 Å². The predicted molar refractivity (Wildman–Crippen MR) is 66.6 cm³/mol. The van der Waals surface area contributed by atoms with Crippen molar-refractivity contribution >= 4 is 12.0 Å². The second-order valence-corrected chi connectivity index (χ2v) is 4.95. The molecule has 1 heterocycles. The van der Waals surface area contributed by atoms with Gasteiger partial charge in [0.1, 0.15) is 0 Å². The van der Waals surface area contributed by atoms with Crippen molar-refractivity contribution in [3.8, 4) is 0 Å². The molecule has 0 aromatic heterocycles. The Labute approximate surface area is 116 Å². The Hall–Kier alpha value is -1.44. The van der Waals surface area contributed by atoms with Gasteiger partial charge in [-0.05, 0) is 19.8 Å². The molecule has 2 N–H and O–H groups in total. The van der Waals surface area contributed by atoms with E-state index in [0.717, 1.165) is 4.90 Å². The van der Waals surface area contributed by atoms with Crippen LogP contribution < -0.4 is 0 Å². The summed E-state index contributed by atoms with van der Waals surface area (Å²) in [4.78, 5) is 25.4. The summed E-state index contributed by atoms with van der Waals surface area (Å²) in [5.74, 6) is -1.40. The van der Waals surface area contributed by atoms with Crippen LogP contribution in [0.15, 0.2) is 0 Å². The van der Waals surface area contributed by atoms with Crippen LogP contribution in [-0.2, 0) is 4.79 Å². The number of likely N-dealkylation sites (tertiary alicyclic amines) is 1. The van der Waals surface area contributed by atoms with E-state index in [1.54, 1.807) is 6.92 Å². The fraction of sp³-hybridized carbons (Fsp3) is 0.833. The summed E-state index contributed by atoms with van der Waals surface area (Å²) in [7, 11) is 0. The number of carboxylic acid groups (broad SMARTS) is 1. The lowest BCUT2D eigenvalue weighted by Crippen LogP contribution is -2.53. The molecule has 1 saturated heterocycles. The van der Waals surface area contributed by atoms with E-state index in [1.165, 1.54) is 4.90 Å². The van der Waals surface area contributed by atoms with Gasteiger partial charge in [0, 0.05) is 19.1 Å². The third-order valence-electron chi connectivity index (χ3n) is 3.47. The van der Waals surface area contributed by atoms with E-state index in [-0.39, 0.29) is 19.1 Å². The van der Waals surface area contributed by atoms with Gasteiger partial charge in [-0.15, -0.1) is 0 Å². The van der Waals surface area contributed by atoms with Crippen molar-refractivity contribution in [2.24, 2.45) is 5.92 Å². The van der Waals surface area contributed by atoms with Crippen molar-refractivity contribution in [2.45, 2.75) is 32.2 Å². The summed E-state index contributed by atoms with van der Waals surface area (Å²) < 4.78 is 24.9. The molecule has 1 aliphatic rings. The maximum absolute atomic E-state index is 12.4. The van der Waals surface area contributed by atoms with Gasteiger partial charge in [-0.3, -0.25) is 4.79 Å². The average Bonchev–Trinajstić information content (AvgIpc) is 2.36. The largest absolute Gasteiger partial charge is 0.481 e. The number of hydrogen-bond acceptors (Lipinski definition) is 3. The molecule has 0 aromatic carbocycles. The third kappa shape index (κ3) is 4.29. The number of nitrogens with zero attached hydrogens (tertiary/aromatic N) is 2. The van der Waals surface area contributed by atoms with E-state index in [0.29, 0.717) is 12.8 Å². The second-order valence-electron chi connectivity index (χ2n) is 4.95. The van der Waals surface area contributed by atoms with Gasteiger partial charge >= 0.3 is 12.0 Å². The molecule has 0 spiro atoms. The number of piperidine rings is 1. The maximum Gasteiger partial charge on any atom is 0.320 e. The van der Waals surface area contributed by atoms with Crippen molar-refractivity contribution in [1.82, 2.24) is 9.80 Å². The highest BCUT2D eigenvalue weighted by atomic mass is 19.3. The van der Waals surface area contributed by atoms with Gasteiger partial charge in [0.25, 0.3) is 6.43 Å². The minimum atomic E-state index is -2.67. The quantitative estimate of drug-likeness (QED) is 0.787. The van der Waals surface area contributed by atoms with Crippen molar-refractivity contribution in [3.63, 3.8) is 0 Å². The van der Waals surface area contributed by atoms with Crippen LogP contribution in [0.3, 0.4) is 0 Å². The van der Waals surface area contributed by atoms with Crippen molar-refractivity contribution in [2.75, 3.05) is 26.2 Å². The minimum Gasteiger partial charge on any atom is -0.481 e. The molecule has 20 heavy (non-hydrogen) atoms. The van der Waals surface area contributed by atoms with Crippen LogP contribution >= 0.6 is 0 Å². The van der Waals surface area contributed by atoms with E-state index in [2.05, 4.69) is 0 Å². The number of aliphatic hydroxyl groups is 1. The third-order valence-corrected chi connectivity index (χ3v) is 3.47. The Morgan fingerprint density at radius 2 is 2.10 bits per heavy atom. The zero-order valence-electron chi connectivity index (χ0n) is 11.3. The first kappa shape index (κ1) is 16.6. The zero-order chi connectivity index (χ0) is 15.3. The lowest BCUT2D eigenvalue weighted by molar-refractivity contribution is -0.143. The van der Waals surface area contributed by atoms with Gasteiger partial charge < -0.3 is 20.0 Å². The Morgan fingerprint density at radius 1 is 1.45 bits per heavy atom. The molecular weight excluding hydrogens is 274 g/mol. The number of aliphatic hydroxyl groups excluding tert-OH is 1. The summed E-state index contributed by atoms with van der Waals surface area (Å²) in [6.07, 6.45) is -2.05. The van der Waals surface area contributed by atoms with Gasteiger partial charge in [0.05, 0.1) is 19.1 Å². The summed E-state index contributed by atoms with van der Waals surface area (Å²) >= 11 is 0. The van der Waals surface area contributed by atoms with Gasteiger partial charge in [0.15, 0.2) is 0 Å². The Kier molecular flexibility index (Phi) is 6.12. The molecule has 1 rings (SSSR count).